The SMILES string of the molecule is COC1CN(c2c(F)cc(C(N)=NO)cc2F)CC1OC. The summed E-state index contributed by atoms with van der Waals surface area (Å²) in [6.07, 6.45) is -0.532. The van der Waals surface area contributed by atoms with Gasteiger partial charge in [0.1, 0.15) is 29.5 Å². The molecule has 116 valence electrons. The second-order valence-corrected chi connectivity index (χ2v) is 4.73. The van der Waals surface area contributed by atoms with Crippen LogP contribution in [-0.2, 0) is 9.47 Å². The van der Waals surface area contributed by atoms with Crippen LogP contribution in [0, 0.1) is 11.6 Å². The van der Waals surface area contributed by atoms with E-state index in [9.17, 15) is 8.78 Å². The summed E-state index contributed by atoms with van der Waals surface area (Å²) in [7, 11) is 3.04. The molecule has 6 nitrogen and oxygen atoms in total. The van der Waals surface area contributed by atoms with Crippen LogP contribution in [0.15, 0.2) is 17.3 Å². The fraction of sp³-hybridized carbons (Fsp3) is 0.462. The van der Waals surface area contributed by atoms with Gasteiger partial charge in [-0.05, 0) is 12.1 Å². The van der Waals surface area contributed by atoms with E-state index in [2.05, 4.69) is 5.16 Å². The van der Waals surface area contributed by atoms with Gasteiger partial charge in [-0.3, -0.25) is 0 Å². The van der Waals surface area contributed by atoms with E-state index < -0.39 is 11.6 Å². The molecule has 1 fully saturated rings. The molecule has 2 rings (SSSR count). The molecule has 21 heavy (non-hydrogen) atoms. The molecule has 2 unspecified atom stereocenters. The fourth-order valence-corrected chi connectivity index (χ4v) is 2.45. The Bertz CT molecular complexity index is 518. The van der Waals surface area contributed by atoms with E-state index in [0.717, 1.165) is 12.1 Å². The molecule has 1 aliphatic heterocycles. The van der Waals surface area contributed by atoms with Gasteiger partial charge in [-0.2, -0.15) is 0 Å². The molecule has 1 saturated heterocycles. The van der Waals surface area contributed by atoms with Crippen LogP contribution in [0.5, 0.6) is 0 Å². The molecule has 1 aromatic carbocycles. The van der Waals surface area contributed by atoms with E-state index in [1.54, 1.807) is 0 Å². The molecular formula is C13H17F2N3O3. The van der Waals surface area contributed by atoms with Gasteiger partial charge in [-0.1, -0.05) is 5.16 Å². The molecule has 2 atom stereocenters. The molecule has 0 saturated carbocycles. The number of halogens is 2. The number of amidine groups is 1. The predicted octanol–water partition coefficient (Wildman–Crippen LogP) is 0.909. The molecule has 0 radical (unpaired) electrons. The quantitative estimate of drug-likeness (QED) is 0.374. The molecule has 0 spiro atoms. The van der Waals surface area contributed by atoms with Crippen LogP contribution in [0.3, 0.4) is 0 Å². The first-order valence-electron chi connectivity index (χ1n) is 6.29. The summed E-state index contributed by atoms with van der Waals surface area (Å²) in [5.74, 6) is -1.93. The second kappa shape index (κ2) is 6.23. The van der Waals surface area contributed by atoms with Crippen LogP contribution in [0.4, 0.5) is 14.5 Å². The summed E-state index contributed by atoms with van der Waals surface area (Å²) in [5.41, 5.74) is 5.13. The number of methoxy groups -OCH3 is 2. The van der Waals surface area contributed by atoms with Gasteiger partial charge in [0.2, 0.25) is 0 Å². The van der Waals surface area contributed by atoms with Crippen LogP contribution >= 0.6 is 0 Å². The van der Waals surface area contributed by atoms with Gasteiger partial charge in [0.15, 0.2) is 5.84 Å². The van der Waals surface area contributed by atoms with Crippen LogP contribution in [-0.4, -0.2) is 50.6 Å². The van der Waals surface area contributed by atoms with Gasteiger partial charge in [0, 0.05) is 32.9 Å². The molecule has 3 N–H and O–H groups in total. The molecule has 1 heterocycles. The standard InChI is InChI=1S/C13H17F2N3O3/c1-20-10-5-18(6-11(10)21-2)12-8(14)3-7(4-9(12)15)13(16)17-19/h3-4,10-11,19H,5-6H2,1-2H3,(H2,16,17). The van der Waals surface area contributed by atoms with Crippen LogP contribution in [0.25, 0.3) is 0 Å². The molecular weight excluding hydrogens is 284 g/mol. The van der Waals surface area contributed by atoms with Crippen molar-refractivity contribution < 1.29 is 23.5 Å². The first-order chi connectivity index (χ1) is 10.0. The average Bonchev–Trinajstić information content (AvgIpc) is 2.88. The van der Waals surface area contributed by atoms with Crippen molar-refractivity contribution in [2.45, 2.75) is 12.2 Å². The highest BCUT2D eigenvalue weighted by Gasteiger charge is 2.35. The number of hydrogen-bond acceptors (Lipinski definition) is 5. The third-order valence-corrected chi connectivity index (χ3v) is 3.56. The molecule has 0 aliphatic carbocycles. The Morgan fingerprint density at radius 1 is 1.24 bits per heavy atom. The molecule has 1 aromatic rings. The zero-order valence-electron chi connectivity index (χ0n) is 11.7. The molecule has 0 aromatic heterocycles. The second-order valence-electron chi connectivity index (χ2n) is 4.73. The number of benzene rings is 1. The minimum absolute atomic E-state index is 0.0259. The molecule has 0 bridgehead atoms. The molecule has 1 aliphatic rings. The summed E-state index contributed by atoms with van der Waals surface area (Å²) >= 11 is 0. The van der Waals surface area contributed by atoms with Crippen LogP contribution in [0.1, 0.15) is 5.56 Å². The van der Waals surface area contributed by atoms with Gasteiger partial charge in [0.25, 0.3) is 0 Å². The van der Waals surface area contributed by atoms with Crippen molar-refractivity contribution >= 4 is 11.5 Å². The summed E-state index contributed by atoms with van der Waals surface area (Å²) in [5, 5.41) is 11.3. The third-order valence-electron chi connectivity index (χ3n) is 3.56. The topological polar surface area (TPSA) is 80.3 Å². The number of ether oxygens (including phenoxy) is 2. The summed E-state index contributed by atoms with van der Waals surface area (Å²) in [4.78, 5) is 1.52. The monoisotopic (exact) mass is 301 g/mol. The average molecular weight is 301 g/mol. The zero-order valence-corrected chi connectivity index (χ0v) is 11.7. The maximum absolute atomic E-state index is 14.2. The highest BCUT2D eigenvalue weighted by atomic mass is 19.1. The lowest BCUT2D eigenvalue weighted by atomic mass is 10.1. The van der Waals surface area contributed by atoms with E-state index in [4.69, 9.17) is 20.4 Å². The number of rotatable bonds is 4. The van der Waals surface area contributed by atoms with E-state index >= 15 is 0 Å². The maximum atomic E-state index is 14.2. The Balaban J connectivity index is 2.33. The van der Waals surface area contributed by atoms with Crippen molar-refractivity contribution in [3.8, 4) is 0 Å². The fourth-order valence-electron chi connectivity index (χ4n) is 2.45. The molecule has 0 amide bonds. The normalized spacial score (nSPS) is 22.9. The Morgan fingerprint density at radius 3 is 2.10 bits per heavy atom. The number of nitrogens with two attached hydrogens (primary N) is 1. The van der Waals surface area contributed by atoms with Gasteiger partial charge in [-0.25, -0.2) is 8.78 Å². The van der Waals surface area contributed by atoms with Crippen molar-refractivity contribution in [3.05, 3.63) is 29.3 Å². The minimum Gasteiger partial charge on any atom is -0.409 e. The number of oxime groups is 1. The largest absolute Gasteiger partial charge is 0.409 e. The predicted molar refractivity (Wildman–Crippen MR) is 72.7 cm³/mol. The van der Waals surface area contributed by atoms with Crippen molar-refractivity contribution in [1.29, 1.82) is 0 Å². The van der Waals surface area contributed by atoms with E-state index in [0.29, 0.717) is 13.1 Å². The summed E-state index contributed by atoms with van der Waals surface area (Å²) in [6.45, 7) is 0.623. The van der Waals surface area contributed by atoms with Gasteiger partial charge in [-0.15, -0.1) is 0 Å². The van der Waals surface area contributed by atoms with Gasteiger partial charge >= 0.3 is 0 Å². The van der Waals surface area contributed by atoms with Gasteiger partial charge in [0.05, 0.1) is 0 Å². The highest BCUT2D eigenvalue weighted by Crippen LogP contribution is 2.29. The van der Waals surface area contributed by atoms with Crippen LogP contribution < -0.4 is 10.6 Å². The first-order valence-corrected chi connectivity index (χ1v) is 6.29. The number of nitrogens with zero attached hydrogens (tertiary/aromatic N) is 2. The van der Waals surface area contributed by atoms with Gasteiger partial charge < -0.3 is 25.3 Å². The maximum Gasteiger partial charge on any atom is 0.170 e. The lowest BCUT2D eigenvalue weighted by Crippen LogP contribution is -2.27. The number of anilines is 1. The van der Waals surface area contributed by atoms with E-state index in [1.165, 1.54) is 19.1 Å². The lowest BCUT2D eigenvalue weighted by molar-refractivity contribution is -0.00461. The Labute approximate surface area is 120 Å². The third kappa shape index (κ3) is 2.91. The highest BCUT2D eigenvalue weighted by molar-refractivity contribution is 5.97. The first kappa shape index (κ1) is 15.5. The molecule has 8 heteroatoms. The zero-order chi connectivity index (χ0) is 15.6. The van der Waals surface area contributed by atoms with Crippen molar-refractivity contribution in [2.24, 2.45) is 10.9 Å². The van der Waals surface area contributed by atoms with Crippen molar-refractivity contribution in [2.75, 3.05) is 32.2 Å². The summed E-state index contributed by atoms with van der Waals surface area (Å²) in [6, 6.07) is 2.05. The Kier molecular flexibility index (Phi) is 4.59. The lowest BCUT2D eigenvalue weighted by Gasteiger charge is -2.20. The Morgan fingerprint density at radius 2 is 1.71 bits per heavy atom. The summed E-state index contributed by atoms with van der Waals surface area (Å²) < 4.78 is 38.8. The van der Waals surface area contributed by atoms with E-state index in [1.807, 2.05) is 0 Å². The number of hydrogen-bond donors (Lipinski definition) is 2. The van der Waals surface area contributed by atoms with Crippen LogP contribution in [0.2, 0.25) is 0 Å². The van der Waals surface area contributed by atoms with E-state index in [-0.39, 0.29) is 29.3 Å². The Hall–Kier alpha value is -1.93. The van der Waals surface area contributed by atoms with Crippen molar-refractivity contribution in [1.82, 2.24) is 0 Å². The van der Waals surface area contributed by atoms with Crippen molar-refractivity contribution in [3.63, 3.8) is 0 Å². The smallest absolute Gasteiger partial charge is 0.170 e. The minimum atomic E-state index is -0.789.